The van der Waals surface area contributed by atoms with Crippen molar-refractivity contribution in [1.29, 1.82) is 0 Å². The van der Waals surface area contributed by atoms with E-state index >= 15 is 0 Å². The standard InChI is InChI=1S/C18H32N6O2S/c1-18(2,3)26-17(25)22-10-9-21-15(19-4)20-8-7-14-13-27-16(23-14)24-11-5-6-12-24/h13H,5-12H2,1-4H3,(H,22,25)(H2,19,20,21). The molecule has 3 N–H and O–H groups in total. The molecule has 1 fully saturated rings. The molecule has 0 unspecified atom stereocenters. The minimum Gasteiger partial charge on any atom is -0.444 e. The number of nitrogens with zero attached hydrogens (tertiary/aromatic N) is 3. The average molecular weight is 397 g/mol. The molecule has 2 rings (SSSR count). The highest BCUT2D eigenvalue weighted by atomic mass is 32.1. The summed E-state index contributed by atoms with van der Waals surface area (Å²) in [7, 11) is 1.73. The predicted molar refractivity (Wildman–Crippen MR) is 111 cm³/mol. The first-order valence-electron chi connectivity index (χ1n) is 9.48. The van der Waals surface area contributed by atoms with Crippen LogP contribution in [0.15, 0.2) is 10.4 Å². The second kappa shape index (κ2) is 10.3. The number of carbonyl (C=O) groups is 1. The third-order valence-electron chi connectivity index (χ3n) is 3.90. The quantitative estimate of drug-likeness (QED) is 0.371. The van der Waals surface area contributed by atoms with Gasteiger partial charge in [-0.1, -0.05) is 0 Å². The van der Waals surface area contributed by atoms with E-state index in [0.717, 1.165) is 36.9 Å². The van der Waals surface area contributed by atoms with Gasteiger partial charge in [-0.3, -0.25) is 4.99 Å². The first-order valence-corrected chi connectivity index (χ1v) is 10.4. The van der Waals surface area contributed by atoms with E-state index in [1.807, 2.05) is 20.8 Å². The molecule has 1 aromatic rings. The zero-order valence-corrected chi connectivity index (χ0v) is 17.6. The number of hydrogen-bond acceptors (Lipinski definition) is 6. The molecule has 9 heteroatoms. The van der Waals surface area contributed by atoms with E-state index in [-0.39, 0.29) is 0 Å². The maximum atomic E-state index is 11.6. The molecular formula is C18H32N6O2S. The smallest absolute Gasteiger partial charge is 0.407 e. The van der Waals surface area contributed by atoms with E-state index < -0.39 is 11.7 Å². The molecule has 152 valence electrons. The molecule has 0 spiro atoms. The highest BCUT2D eigenvalue weighted by molar-refractivity contribution is 7.13. The van der Waals surface area contributed by atoms with Crippen LogP contribution in [0, 0.1) is 0 Å². The molecular weight excluding hydrogens is 364 g/mol. The van der Waals surface area contributed by atoms with Crippen LogP contribution in [0.4, 0.5) is 9.93 Å². The first-order chi connectivity index (χ1) is 12.9. The molecule has 2 heterocycles. The number of aliphatic imine (C=N–C) groups is 1. The van der Waals surface area contributed by atoms with Crippen molar-refractivity contribution in [3.05, 3.63) is 11.1 Å². The molecule has 1 aromatic heterocycles. The van der Waals surface area contributed by atoms with Gasteiger partial charge in [0.15, 0.2) is 11.1 Å². The molecule has 0 bridgehead atoms. The van der Waals surface area contributed by atoms with Gasteiger partial charge in [-0.15, -0.1) is 11.3 Å². The van der Waals surface area contributed by atoms with Crippen LogP contribution >= 0.6 is 11.3 Å². The van der Waals surface area contributed by atoms with Crippen LogP contribution in [0.2, 0.25) is 0 Å². The summed E-state index contributed by atoms with van der Waals surface area (Å²) in [5.74, 6) is 0.705. The highest BCUT2D eigenvalue weighted by Crippen LogP contribution is 2.24. The molecule has 0 radical (unpaired) electrons. The van der Waals surface area contributed by atoms with Crippen LogP contribution in [0.3, 0.4) is 0 Å². The fraction of sp³-hybridized carbons (Fsp3) is 0.722. The Kier molecular flexibility index (Phi) is 8.15. The van der Waals surface area contributed by atoms with Crippen molar-refractivity contribution in [3.8, 4) is 0 Å². The number of thiazole rings is 1. The van der Waals surface area contributed by atoms with Crippen LogP contribution in [-0.4, -0.2) is 62.4 Å². The van der Waals surface area contributed by atoms with Gasteiger partial charge < -0.3 is 25.6 Å². The molecule has 1 aliphatic heterocycles. The van der Waals surface area contributed by atoms with Crippen molar-refractivity contribution in [2.24, 2.45) is 4.99 Å². The summed E-state index contributed by atoms with van der Waals surface area (Å²) in [6, 6.07) is 0. The average Bonchev–Trinajstić information content (AvgIpc) is 3.26. The lowest BCUT2D eigenvalue weighted by molar-refractivity contribution is 0.0529. The Morgan fingerprint density at radius 2 is 1.89 bits per heavy atom. The van der Waals surface area contributed by atoms with Gasteiger partial charge in [-0.25, -0.2) is 9.78 Å². The Morgan fingerprint density at radius 1 is 1.22 bits per heavy atom. The molecule has 0 aromatic carbocycles. The Hall–Kier alpha value is -2.03. The second-order valence-electron chi connectivity index (χ2n) is 7.42. The van der Waals surface area contributed by atoms with Gasteiger partial charge in [-0.05, 0) is 33.6 Å². The second-order valence-corrected chi connectivity index (χ2v) is 8.26. The maximum Gasteiger partial charge on any atom is 0.407 e. The monoisotopic (exact) mass is 396 g/mol. The molecule has 8 nitrogen and oxygen atoms in total. The molecule has 27 heavy (non-hydrogen) atoms. The van der Waals surface area contributed by atoms with Crippen LogP contribution in [0.1, 0.15) is 39.3 Å². The largest absolute Gasteiger partial charge is 0.444 e. The van der Waals surface area contributed by atoms with Gasteiger partial charge >= 0.3 is 6.09 Å². The van der Waals surface area contributed by atoms with Crippen molar-refractivity contribution < 1.29 is 9.53 Å². The van der Waals surface area contributed by atoms with Crippen molar-refractivity contribution in [3.63, 3.8) is 0 Å². The number of ether oxygens (including phenoxy) is 1. The zero-order valence-electron chi connectivity index (χ0n) is 16.8. The number of amides is 1. The van der Waals surface area contributed by atoms with Gasteiger partial charge in [-0.2, -0.15) is 0 Å². The van der Waals surface area contributed by atoms with Crippen molar-refractivity contribution >= 4 is 28.5 Å². The molecule has 0 atom stereocenters. The van der Waals surface area contributed by atoms with Crippen molar-refractivity contribution in [1.82, 2.24) is 20.9 Å². The lowest BCUT2D eigenvalue weighted by atomic mass is 10.2. The van der Waals surface area contributed by atoms with Crippen LogP contribution in [0.5, 0.6) is 0 Å². The Labute approximate surface area is 165 Å². The first kappa shape index (κ1) is 21.3. The van der Waals surface area contributed by atoms with Crippen LogP contribution < -0.4 is 20.9 Å². The van der Waals surface area contributed by atoms with Crippen LogP contribution in [0.25, 0.3) is 0 Å². The topological polar surface area (TPSA) is 90.9 Å². The minimum atomic E-state index is -0.487. The highest BCUT2D eigenvalue weighted by Gasteiger charge is 2.16. The van der Waals surface area contributed by atoms with E-state index in [0.29, 0.717) is 19.0 Å². The molecule has 1 aliphatic rings. The molecule has 0 aliphatic carbocycles. The molecule has 1 saturated heterocycles. The minimum absolute atomic E-state index is 0.412. The van der Waals surface area contributed by atoms with Crippen molar-refractivity contribution in [2.45, 2.75) is 45.6 Å². The normalized spacial score (nSPS) is 15.0. The zero-order chi connectivity index (χ0) is 19.7. The third kappa shape index (κ3) is 8.03. The summed E-state index contributed by atoms with van der Waals surface area (Å²) in [5.41, 5.74) is 0.621. The molecule has 0 saturated carbocycles. The summed E-state index contributed by atoms with van der Waals surface area (Å²) >= 11 is 1.72. The van der Waals surface area contributed by atoms with E-state index in [1.165, 1.54) is 12.8 Å². The lowest BCUT2D eigenvalue weighted by Gasteiger charge is -2.19. The number of anilines is 1. The Bertz CT molecular complexity index is 620. The van der Waals surface area contributed by atoms with Crippen LogP contribution in [-0.2, 0) is 11.2 Å². The number of guanidine groups is 1. The number of aromatic nitrogens is 1. The summed E-state index contributed by atoms with van der Waals surface area (Å²) in [5, 5.41) is 12.4. The van der Waals surface area contributed by atoms with Gasteiger partial charge in [0.25, 0.3) is 0 Å². The Balaban J connectivity index is 1.61. The summed E-state index contributed by atoms with van der Waals surface area (Å²) < 4.78 is 5.19. The van der Waals surface area contributed by atoms with Gasteiger partial charge in [0.05, 0.1) is 5.69 Å². The van der Waals surface area contributed by atoms with Gasteiger partial charge in [0, 0.05) is 51.6 Å². The fourth-order valence-electron chi connectivity index (χ4n) is 2.65. The molecule has 1 amide bonds. The number of alkyl carbamates (subject to hydrolysis) is 1. The third-order valence-corrected chi connectivity index (χ3v) is 4.85. The number of hydrogen-bond donors (Lipinski definition) is 3. The Morgan fingerprint density at radius 3 is 2.56 bits per heavy atom. The maximum absolute atomic E-state index is 11.6. The summed E-state index contributed by atoms with van der Waals surface area (Å²) in [6.45, 7) is 9.54. The predicted octanol–water partition coefficient (Wildman–Crippen LogP) is 1.98. The van der Waals surface area contributed by atoms with Gasteiger partial charge in [0.2, 0.25) is 0 Å². The SMILES string of the molecule is CN=C(NCCNC(=O)OC(C)(C)C)NCCc1csc(N2CCCC2)n1. The number of nitrogens with one attached hydrogen (secondary N) is 3. The van der Waals surface area contributed by atoms with E-state index in [9.17, 15) is 4.79 Å². The van der Waals surface area contributed by atoms with E-state index in [4.69, 9.17) is 9.72 Å². The van der Waals surface area contributed by atoms with E-state index in [1.54, 1.807) is 18.4 Å². The lowest BCUT2D eigenvalue weighted by Crippen LogP contribution is -2.43. The van der Waals surface area contributed by atoms with Gasteiger partial charge in [0.1, 0.15) is 5.60 Å². The number of rotatable bonds is 7. The summed E-state index contributed by atoms with van der Waals surface area (Å²) in [4.78, 5) is 22.9. The fourth-order valence-corrected chi connectivity index (χ4v) is 3.57. The number of carbonyl (C=O) groups excluding carboxylic acids is 1. The summed E-state index contributed by atoms with van der Waals surface area (Å²) in [6.07, 6.45) is 2.97. The van der Waals surface area contributed by atoms with Crippen molar-refractivity contribution in [2.75, 3.05) is 44.7 Å². The van der Waals surface area contributed by atoms with E-state index in [2.05, 4.69) is 31.2 Å².